The molecule has 178 valence electrons. The number of ketones is 1. The molecule has 1 aromatic rings. The van der Waals surface area contributed by atoms with Gasteiger partial charge in [0, 0.05) is 36.0 Å². The standard InChI is InChI=1S/C29H38O4/c1-26(2)17-32-29(33-18-26)14-12-23-25-20(11-13-28(23,31)16-29)22-9-10-24(30)27(22,3)15-21(25)19-7-5-4-6-8-19/h4-8,20,22-23,31H,9-18H2,1-3H3/t20-,22-,23+,27-,28+/m0/s1. The Morgan fingerprint density at radius 3 is 2.42 bits per heavy atom. The van der Waals surface area contributed by atoms with Gasteiger partial charge in [0.1, 0.15) is 5.78 Å². The van der Waals surface area contributed by atoms with Gasteiger partial charge in [0.25, 0.3) is 0 Å². The minimum atomic E-state index is -0.804. The average Bonchev–Trinajstić information content (AvgIpc) is 3.10. The molecule has 1 aromatic carbocycles. The highest BCUT2D eigenvalue weighted by Crippen LogP contribution is 2.64. The summed E-state index contributed by atoms with van der Waals surface area (Å²) < 4.78 is 12.7. The molecule has 4 fully saturated rings. The van der Waals surface area contributed by atoms with Crippen molar-refractivity contribution in [1.82, 2.24) is 0 Å². The van der Waals surface area contributed by atoms with Crippen molar-refractivity contribution in [2.24, 2.45) is 28.6 Å². The van der Waals surface area contributed by atoms with E-state index in [0.29, 0.717) is 43.7 Å². The van der Waals surface area contributed by atoms with Crippen LogP contribution in [0.15, 0.2) is 35.9 Å². The molecule has 5 atom stereocenters. The fraction of sp³-hybridized carbons (Fsp3) is 0.690. The van der Waals surface area contributed by atoms with Crippen LogP contribution in [-0.4, -0.2) is 35.5 Å². The summed E-state index contributed by atoms with van der Waals surface area (Å²) >= 11 is 0. The molecule has 6 rings (SSSR count). The number of Topliss-reactive ketones (excluding diaryl/α,β-unsaturated/α-hetero) is 1. The topological polar surface area (TPSA) is 55.8 Å². The molecule has 1 saturated heterocycles. The zero-order chi connectivity index (χ0) is 23.1. The van der Waals surface area contributed by atoms with Crippen molar-refractivity contribution in [3.8, 4) is 0 Å². The Bertz CT molecular complexity index is 984. The van der Waals surface area contributed by atoms with Crippen molar-refractivity contribution >= 4 is 11.4 Å². The second-order valence-electron chi connectivity index (χ2n) is 12.6. The van der Waals surface area contributed by atoms with Crippen molar-refractivity contribution in [2.45, 2.75) is 83.5 Å². The van der Waals surface area contributed by atoms with Gasteiger partial charge in [-0.3, -0.25) is 4.79 Å². The Labute approximate surface area is 197 Å². The van der Waals surface area contributed by atoms with Crippen LogP contribution in [-0.2, 0) is 14.3 Å². The molecule has 1 aliphatic heterocycles. The SMILES string of the molecule is CC1(C)COC2(CC[C@@H]3C4=C(c5ccccc5)C[C@]5(C)C(=O)CC[C@H]5[C@@H]4CC[C@@]3(O)C2)OC1. The van der Waals surface area contributed by atoms with E-state index in [9.17, 15) is 9.90 Å². The highest BCUT2D eigenvalue weighted by atomic mass is 16.7. The molecule has 0 bridgehead atoms. The van der Waals surface area contributed by atoms with Crippen LogP contribution in [0.5, 0.6) is 0 Å². The van der Waals surface area contributed by atoms with E-state index in [1.54, 1.807) is 0 Å². The van der Waals surface area contributed by atoms with Crippen molar-refractivity contribution in [2.75, 3.05) is 13.2 Å². The lowest BCUT2D eigenvalue weighted by Gasteiger charge is -2.58. The quantitative estimate of drug-likeness (QED) is 0.610. The summed E-state index contributed by atoms with van der Waals surface area (Å²) in [6.07, 6.45) is 6.52. The second kappa shape index (κ2) is 7.26. The van der Waals surface area contributed by atoms with Crippen LogP contribution in [0.2, 0.25) is 0 Å². The lowest BCUT2D eigenvalue weighted by atomic mass is 9.51. The maximum atomic E-state index is 13.1. The normalized spacial score (nSPS) is 41.5. The van der Waals surface area contributed by atoms with E-state index in [4.69, 9.17) is 9.47 Å². The molecular weight excluding hydrogens is 412 g/mol. The number of hydrogen-bond donors (Lipinski definition) is 1. The molecule has 4 heteroatoms. The van der Waals surface area contributed by atoms with Gasteiger partial charge in [-0.1, -0.05) is 56.7 Å². The highest BCUT2D eigenvalue weighted by Gasteiger charge is 2.61. The van der Waals surface area contributed by atoms with E-state index in [2.05, 4.69) is 51.1 Å². The lowest BCUT2D eigenvalue weighted by molar-refractivity contribution is -0.334. The highest BCUT2D eigenvalue weighted by molar-refractivity contribution is 5.91. The molecule has 3 saturated carbocycles. The van der Waals surface area contributed by atoms with Gasteiger partial charge in [-0.15, -0.1) is 0 Å². The maximum absolute atomic E-state index is 13.1. The van der Waals surface area contributed by atoms with Crippen LogP contribution in [0.4, 0.5) is 0 Å². The first-order valence-electron chi connectivity index (χ1n) is 13.0. The van der Waals surface area contributed by atoms with Crippen LogP contribution >= 0.6 is 0 Å². The Hall–Kier alpha value is -1.49. The monoisotopic (exact) mass is 450 g/mol. The van der Waals surface area contributed by atoms with Crippen molar-refractivity contribution in [3.05, 3.63) is 41.5 Å². The third-order valence-electron chi connectivity index (χ3n) is 9.79. The molecule has 33 heavy (non-hydrogen) atoms. The number of hydrogen-bond acceptors (Lipinski definition) is 4. The van der Waals surface area contributed by atoms with Crippen LogP contribution < -0.4 is 0 Å². The number of fused-ring (bicyclic) bond motifs is 5. The molecule has 1 heterocycles. The summed E-state index contributed by atoms with van der Waals surface area (Å²) in [5.74, 6) is 0.732. The van der Waals surface area contributed by atoms with E-state index in [0.717, 1.165) is 38.5 Å². The molecule has 0 radical (unpaired) electrons. The zero-order valence-electron chi connectivity index (χ0n) is 20.4. The number of carbonyl (C=O) groups excluding carboxylic acids is 1. The van der Waals surface area contributed by atoms with E-state index >= 15 is 0 Å². The van der Waals surface area contributed by atoms with E-state index in [1.165, 1.54) is 16.7 Å². The molecule has 0 amide bonds. The first-order chi connectivity index (χ1) is 15.6. The molecule has 0 aromatic heterocycles. The van der Waals surface area contributed by atoms with E-state index < -0.39 is 11.4 Å². The first-order valence-corrected chi connectivity index (χ1v) is 13.0. The Morgan fingerprint density at radius 2 is 1.70 bits per heavy atom. The lowest BCUT2D eigenvalue weighted by Crippen LogP contribution is -2.60. The van der Waals surface area contributed by atoms with Gasteiger partial charge in [-0.05, 0) is 55.1 Å². The van der Waals surface area contributed by atoms with Gasteiger partial charge < -0.3 is 14.6 Å². The first kappa shape index (κ1) is 22.0. The second-order valence-corrected chi connectivity index (χ2v) is 12.6. The predicted octanol–water partition coefficient (Wildman–Crippen LogP) is 5.54. The largest absolute Gasteiger partial charge is 0.389 e. The van der Waals surface area contributed by atoms with Gasteiger partial charge in [0.05, 0.1) is 18.8 Å². The van der Waals surface area contributed by atoms with Crippen molar-refractivity contribution < 1.29 is 19.4 Å². The summed E-state index contributed by atoms with van der Waals surface area (Å²) in [4.78, 5) is 13.1. The summed E-state index contributed by atoms with van der Waals surface area (Å²) in [6, 6.07) is 10.6. The van der Waals surface area contributed by atoms with Crippen LogP contribution in [0.3, 0.4) is 0 Å². The number of rotatable bonds is 1. The summed E-state index contributed by atoms with van der Waals surface area (Å²) in [5, 5.41) is 12.1. The maximum Gasteiger partial charge on any atom is 0.171 e. The third-order valence-corrected chi connectivity index (χ3v) is 9.79. The van der Waals surface area contributed by atoms with Crippen LogP contribution in [0.25, 0.3) is 5.57 Å². The fourth-order valence-corrected chi connectivity index (χ4v) is 8.02. The smallest absolute Gasteiger partial charge is 0.171 e. The number of aliphatic hydroxyl groups is 1. The minimum absolute atomic E-state index is 0.0220. The number of benzene rings is 1. The van der Waals surface area contributed by atoms with Gasteiger partial charge in [0.2, 0.25) is 0 Å². The molecule has 1 N–H and O–H groups in total. The molecule has 4 nitrogen and oxygen atoms in total. The fourth-order valence-electron chi connectivity index (χ4n) is 8.02. The third kappa shape index (κ3) is 3.31. The summed E-state index contributed by atoms with van der Waals surface area (Å²) in [6.45, 7) is 7.91. The van der Waals surface area contributed by atoms with Gasteiger partial charge in [-0.25, -0.2) is 0 Å². The summed E-state index contributed by atoms with van der Waals surface area (Å²) in [5.41, 5.74) is 2.98. The Morgan fingerprint density at radius 1 is 0.970 bits per heavy atom. The van der Waals surface area contributed by atoms with Crippen molar-refractivity contribution in [1.29, 1.82) is 0 Å². The van der Waals surface area contributed by atoms with Gasteiger partial charge in [0.15, 0.2) is 5.79 Å². The molecule has 5 aliphatic rings. The number of ether oxygens (including phenoxy) is 2. The van der Waals surface area contributed by atoms with Crippen LogP contribution in [0.1, 0.15) is 77.7 Å². The predicted molar refractivity (Wildman–Crippen MR) is 127 cm³/mol. The minimum Gasteiger partial charge on any atom is -0.389 e. The molecule has 0 unspecified atom stereocenters. The molecular formula is C29H38O4. The average molecular weight is 451 g/mol. The van der Waals surface area contributed by atoms with E-state index in [1.807, 2.05) is 0 Å². The summed E-state index contributed by atoms with van der Waals surface area (Å²) in [7, 11) is 0. The van der Waals surface area contributed by atoms with Crippen molar-refractivity contribution in [3.63, 3.8) is 0 Å². The number of allylic oxidation sites excluding steroid dienone is 1. The van der Waals surface area contributed by atoms with E-state index in [-0.39, 0.29) is 16.7 Å². The zero-order valence-corrected chi connectivity index (χ0v) is 20.4. The molecule has 1 spiro atoms. The van der Waals surface area contributed by atoms with Gasteiger partial charge in [-0.2, -0.15) is 0 Å². The Kier molecular flexibility index (Phi) is 4.84. The molecule has 4 aliphatic carbocycles. The van der Waals surface area contributed by atoms with Gasteiger partial charge >= 0.3 is 0 Å². The number of carbonyl (C=O) groups is 1. The van der Waals surface area contributed by atoms with Crippen LogP contribution in [0, 0.1) is 28.6 Å². The Balaban J connectivity index is 1.41.